The van der Waals surface area contributed by atoms with Crippen molar-refractivity contribution in [1.29, 1.82) is 0 Å². The fourth-order valence-electron chi connectivity index (χ4n) is 1.90. The van der Waals surface area contributed by atoms with E-state index in [1.54, 1.807) is 30.3 Å². The molecular weight excluding hydrogens is 290 g/mol. The minimum atomic E-state index is -1.43. The fraction of sp³-hybridized carbons (Fsp3) is 0. The molecule has 2 rings (SSSR count). The molecule has 0 radical (unpaired) electrons. The van der Waals surface area contributed by atoms with E-state index in [9.17, 15) is 24.6 Å². The quantitative estimate of drug-likeness (QED) is 0.668. The molecule has 4 N–H and O–H groups in total. The average Bonchev–Trinajstić information content (AvgIpc) is 2.47. The Bertz CT molecular complexity index is 719. The van der Waals surface area contributed by atoms with E-state index < -0.39 is 34.6 Å². The summed E-state index contributed by atoms with van der Waals surface area (Å²) in [6.07, 6.45) is 0. The molecule has 0 aromatic heterocycles. The lowest BCUT2D eigenvalue weighted by Gasteiger charge is -2.13. The highest BCUT2D eigenvalue weighted by Gasteiger charge is 2.22. The van der Waals surface area contributed by atoms with Crippen LogP contribution in [0.25, 0.3) is 0 Å². The molecule has 0 unspecified atom stereocenters. The molecule has 0 spiro atoms. The van der Waals surface area contributed by atoms with Gasteiger partial charge in [0, 0.05) is 5.69 Å². The molecule has 22 heavy (non-hydrogen) atoms. The maximum Gasteiger partial charge on any atom is 0.337 e. The van der Waals surface area contributed by atoms with Gasteiger partial charge in [0.2, 0.25) is 0 Å². The van der Waals surface area contributed by atoms with Crippen LogP contribution < -0.4 is 5.32 Å². The maximum atomic E-state index is 11.3. The summed E-state index contributed by atoms with van der Waals surface area (Å²) in [6.45, 7) is 0. The van der Waals surface area contributed by atoms with Crippen LogP contribution in [0.2, 0.25) is 0 Å². The molecule has 0 aliphatic carbocycles. The van der Waals surface area contributed by atoms with Crippen LogP contribution in [-0.2, 0) is 0 Å². The zero-order valence-corrected chi connectivity index (χ0v) is 11.1. The molecule has 0 fully saturated rings. The summed E-state index contributed by atoms with van der Waals surface area (Å²) in [6, 6.07) is 10.2. The number of benzene rings is 2. The SMILES string of the molecule is O=C(O)c1cc(C(=O)O)c(Nc2ccccc2)c(C(=O)O)c1. The molecule has 0 saturated carbocycles. The first-order valence-corrected chi connectivity index (χ1v) is 6.10. The Balaban J connectivity index is 2.66. The number of hydrogen-bond acceptors (Lipinski definition) is 4. The van der Waals surface area contributed by atoms with Gasteiger partial charge >= 0.3 is 17.9 Å². The van der Waals surface area contributed by atoms with Gasteiger partial charge in [0.1, 0.15) is 0 Å². The van der Waals surface area contributed by atoms with Gasteiger partial charge in [-0.2, -0.15) is 0 Å². The van der Waals surface area contributed by atoms with Crippen molar-refractivity contribution in [1.82, 2.24) is 0 Å². The topological polar surface area (TPSA) is 124 Å². The first-order chi connectivity index (χ1) is 10.4. The van der Waals surface area contributed by atoms with E-state index in [1.807, 2.05) is 0 Å². The van der Waals surface area contributed by atoms with E-state index >= 15 is 0 Å². The van der Waals surface area contributed by atoms with E-state index in [0.29, 0.717) is 5.69 Å². The van der Waals surface area contributed by atoms with Crippen LogP contribution >= 0.6 is 0 Å². The normalized spacial score (nSPS) is 10.0. The molecule has 2 aromatic carbocycles. The third-order valence-electron chi connectivity index (χ3n) is 2.89. The summed E-state index contributed by atoms with van der Waals surface area (Å²) in [5.41, 5.74) is -0.956. The fourth-order valence-corrected chi connectivity index (χ4v) is 1.90. The smallest absolute Gasteiger partial charge is 0.337 e. The molecule has 0 aliphatic rings. The predicted octanol–water partition coefficient (Wildman–Crippen LogP) is 2.52. The van der Waals surface area contributed by atoms with Crippen LogP contribution in [0, 0.1) is 0 Å². The molecular formula is C15H11NO6. The number of nitrogens with one attached hydrogen (secondary N) is 1. The minimum absolute atomic E-state index is 0.170. The average molecular weight is 301 g/mol. The maximum absolute atomic E-state index is 11.3. The van der Waals surface area contributed by atoms with Crippen molar-refractivity contribution in [2.75, 3.05) is 5.32 Å². The highest BCUT2D eigenvalue weighted by Crippen LogP contribution is 2.27. The van der Waals surface area contributed by atoms with Crippen molar-refractivity contribution in [3.8, 4) is 0 Å². The minimum Gasteiger partial charge on any atom is -0.478 e. The second-order valence-corrected chi connectivity index (χ2v) is 4.35. The van der Waals surface area contributed by atoms with Gasteiger partial charge in [-0.25, -0.2) is 14.4 Å². The largest absolute Gasteiger partial charge is 0.478 e. The van der Waals surface area contributed by atoms with Gasteiger partial charge < -0.3 is 20.6 Å². The lowest BCUT2D eigenvalue weighted by Crippen LogP contribution is -2.12. The Labute approximate surface area is 124 Å². The van der Waals surface area contributed by atoms with Crippen molar-refractivity contribution in [3.05, 3.63) is 59.2 Å². The highest BCUT2D eigenvalue weighted by molar-refractivity contribution is 6.07. The Morgan fingerprint density at radius 2 is 1.27 bits per heavy atom. The molecule has 0 bridgehead atoms. The van der Waals surface area contributed by atoms with Gasteiger partial charge in [-0.3, -0.25) is 0 Å². The van der Waals surface area contributed by atoms with E-state index in [2.05, 4.69) is 5.32 Å². The number of hydrogen-bond donors (Lipinski definition) is 4. The van der Waals surface area contributed by atoms with E-state index in [4.69, 9.17) is 5.11 Å². The zero-order valence-electron chi connectivity index (χ0n) is 11.1. The number of carboxylic acid groups (broad SMARTS) is 3. The van der Waals surface area contributed by atoms with Gasteiger partial charge in [0.25, 0.3) is 0 Å². The summed E-state index contributed by atoms with van der Waals surface area (Å²) >= 11 is 0. The summed E-state index contributed by atoms with van der Waals surface area (Å²) in [5, 5.41) is 30.1. The first-order valence-electron chi connectivity index (χ1n) is 6.10. The standard InChI is InChI=1S/C15H11NO6/c17-13(18)8-6-10(14(19)20)12(11(7-8)15(21)22)16-9-4-2-1-3-5-9/h1-7,16H,(H,17,18)(H,19,20)(H,21,22). The second-order valence-electron chi connectivity index (χ2n) is 4.35. The van der Waals surface area contributed by atoms with E-state index in [-0.39, 0.29) is 5.69 Å². The second kappa shape index (κ2) is 5.96. The molecule has 0 aliphatic heterocycles. The number of carboxylic acids is 3. The summed E-state index contributed by atoms with van der Waals surface area (Å²) in [4.78, 5) is 33.7. The molecule has 0 amide bonds. The van der Waals surface area contributed by atoms with Crippen LogP contribution in [0.15, 0.2) is 42.5 Å². The van der Waals surface area contributed by atoms with Gasteiger partial charge in [0.05, 0.1) is 22.4 Å². The van der Waals surface area contributed by atoms with Crippen molar-refractivity contribution in [2.45, 2.75) is 0 Å². The monoisotopic (exact) mass is 301 g/mol. The number of para-hydroxylation sites is 1. The summed E-state index contributed by atoms with van der Waals surface area (Å²) in [5.74, 6) is -4.26. The van der Waals surface area contributed by atoms with Crippen molar-refractivity contribution in [3.63, 3.8) is 0 Å². The molecule has 0 saturated heterocycles. The third kappa shape index (κ3) is 3.04. The molecule has 7 heteroatoms. The summed E-state index contributed by atoms with van der Waals surface area (Å²) < 4.78 is 0. The lowest BCUT2D eigenvalue weighted by atomic mass is 10.0. The van der Waals surface area contributed by atoms with Crippen molar-refractivity contribution >= 4 is 29.3 Å². The zero-order chi connectivity index (χ0) is 16.3. The van der Waals surface area contributed by atoms with Gasteiger partial charge in [-0.15, -0.1) is 0 Å². The van der Waals surface area contributed by atoms with Crippen LogP contribution in [0.3, 0.4) is 0 Å². The Morgan fingerprint density at radius 1 is 0.773 bits per heavy atom. The Morgan fingerprint density at radius 3 is 1.68 bits per heavy atom. The van der Waals surface area contributed by atoms with E-state index in [0.717, 1.165) is 12.1 Å². The molecule has 112 valence electrons. The third-order valence-corrected chi connectivity index (χ3v) is 2.89. The number of aromatic carboxylic acids is 3. The first kappa shape index (κ1) is 15.0. The van der Waals surface area contributed by atoms with Crippen molar-refractivity contribution < 1.29 is 29.7 Å². The van der Waals surface area contributed by atoms with Crippen LogP contribution in [-0.4, -0.2) is 33.2 Å². The van der Waals surface area contributed by atoms with Gasteiger partial charge in [0.15, 0.2) is 0 Å². The molecule has 0 atom stereocenters. The molecule has 2 aromatic rings. The van der Waals surface area contributed by atoms with E-state index in [1.165, 1.54) is 0 Å². The van der Waals surface area contributed by atoms with Crippen LogP contribution in [0.1, 0.15) is 31.1 Å². The predicted molar refractivity (Wildman–Crippen MR) is 77.0 cm³/mol. The van der Waals surface area contributed by atoms with Gasteiger partial charge in [-0.1, -0.05) is 18.2 Å². The van der Waals surface area contributed by atoms with Gasteiger partial charge in [-0.05, 0) is 24.3 Å². The van der Waals surface area contributed by atoms with Crippen LogP contribution in [0.4, 0.5) is 11.4 Å². The summed E-state index contributed by atoms with van der Waals surface area (Å²) in [7, 11) is 0. The number of anilines is 2. The molecule has 7 nitrogen and oxygen atoms in total. The highest BCUT2D eigenvalue weighted by atomic mass is 16.4. The lowest BCUT2D eigenvalue weighted by molar-refractivity contribution is 0.0696. The van der Waals surface area contributed by atoms with Crippen LogP contribution in [0.5, 0.6) is 0 Å². The molecule has 0 heterocycles. The Kier molecular flexibility index (Phi) is 4.08. The van der Waals surface area contributed by atoms with Crippen molar-refractivity contribution in [2.24, 2.45) is 0 Å². The Hall–Kier alpha value is -3.35. The number of rotatable bonds is 5. The number of carbonyl (C=O) groups is 3.